The topological polar surface area (TPSA) is 110 Å². The van der Waals surface area contributed by atoms with Crippen LogP contribution >= 0.6 is 23.2 Å². The quantitative estimate of drug-likeness (QED) is 0.293. The van der Waals surface area contributed by atoms with Gasteiger partial charge in [-0.1, -0.05) is 34.5 Å². The van der Waals surface area contributed by atoms with Crippen molar-refractivity contribution in [3.8, 4) is 11.3 Å². The highest BCUT2D eigenvalue weighted by atomic mass is 35.5. The maximum atomic E-state index is 7.85. The fraction of sp³-hybridized carbons (Fsp3) is 0.154. The van der Waals surface area contributed by atoms with E-state index in [1.54, 1.807) is 18.2 Å². The molecule has 0 atom stereocenters. The van der Waals surface area contributed by atoms with Gasteiger partial charge in [-0.2, -0.15) is 0 Å². The van der Waals surface area contributed by atoms with Crippen LogP contribution in [0.5, 0.6) is 0 Å². The smallest absolute Gasteiger partial charge is 0.195 e. The van der Waals surface area contributed by atoms with E-state index in [4.69, 9.17) is 39.2 Å². The fourth-order valence-electron chi connectivity index (χ4n) is 1.89. The van der Waals surface area contributed by atoms with Crippen molar-refractivity contribution in [2.24, 2.45) is 16.2 Å². The molecule has 0 bridgehead atoms. The summed E-state index contributed by atoms with van der Waals surface area (Å²) < 4.78 is 5.17. The van der Waals surface area contributed by atoms with Gasteiger partial charge in [-0.25, -0.2) is 9.97 Å². The van der Waals surface area contributed by atoms with Crippen molar-refractivity contribution in [2.75, 3.05) is 7.11 Å². The first-order valence-electron chi connectivity index (χ1n) is 6.06. The van der Waals surface area contributed by atoms with Gasteiger partial charge in [-0.3, -0.25) is 5.41 Å². The molecule has 0 saturated heterocycles. The van der Waals surface area contributed by atoms with Gasteiger partial charge in [0, 0.05) is 18.2 Å². The number of rotatable bonds is 4. The van der Waals surface area contributed by atoms with Gasteiger partial charge in [0.25, 0.3) is 0 Å². The zero-order valence-corrected chi connectivity index (χ0v) is 13.1. The molecular weight excluding hydrogens is 327 g/mol. The predicted octanol–water partition coefficient (Wildman–Crippen LogP) is 3.25. The lowest BCUT2D eigenvalue weighted by Gasteiger charge is -2.12. The van der Waals surface area contributed by atoms with Crippen molar-refractivity contribution < 1.29 is 4.74 Å². The Morgan fingerprint density at radius 2 is 2.09 bits per heavy atom. The highest BCUT2D eigenvalue weighted by Gasteiger charge is 2.17. The van der Waals surface area contributed by atoms with E-state index in [0.29, 0.717) is 21.3 Å². The second kappa shape index (κ2) is 7.26. The van der Waals surface area contributed by atoms with E-state index < -0.39 is 0 Å². The maximum Gasteiger partial charge on any atom is 0.195 e. The first-order chi connectivity index (χ1) is 10.6. The lowest BCUT2D eigenvalue weighted by Crippen LogP contribution is -2.09. The Labute approximate surface area is 136 Å². The van der Waals surface area contributed by atoms with Crippen molar-refractivity contribution in [2.45, 2.75) is 6.61 Å². The summed E-state index contributed by atoms with van der Waals surface area (Å²) in [4.78, 5) is 8.31. The Bertz CT molecular complexity index is 734. The van der Waals surface area contributed by atoms with Crippen molar-refractivity contribution in [1.82, 2.24) is 9.97 Å². The lowest BCUT2D eigenvalue weighted by molar-refractivity contribution is 0.184. The molecule has 0 spiro atoms. The average Bonchev–Trinajstić information content (AvgIpc) is 2.51. The monoisotopic (exact) mass is 338 g/mol. The minimum Gasteiger partial charge on any atom is -0.380 e. The van der Waals surface area contributed by atoms with Crippen molar-refractivity contribution in [3.05, 3.63) is 45.8 Å². The van der Waals surface area contributed by atoms with Gasteiger partial charge in [0.2, 0.25) is 0 Å². The highest BCUT2D eigenvalue weighted by Crippen LogP contribution is 2.30. The number of ether oxygens (including phenoxy) is 1. The molecule has 114 valence electrons. The van der Waals surface area contributed by atoms with Gasteiger partial charge in [-0.15, -0.1) is 5.11 Å². The molecule has 7 nitrogen and oxygen atoms in total. The number of methoxy groups -OCH3 is 1. The second-order valence-corrected chi connectivity index (χ2v) is 4.99. The molecule has 2 aromatic rings. The van der Waals surface area contributed by atoms with Crippen LogP contribution in [-0.4, -0.2) is 22.9 Å². The van der Waals surface area contributed by atoms with E-state index in [1.165, 1.54) is 13.4 Å². The number of halogens is 2. The van der Waals surface area contributed by atoms with Crippen LogP contribution in [-0.2, 0) is 11.3 Å². The van der Waals surface area contributed by atoms with Gasteiger partial charge in [-0.05, 0) is 12.1 Å². The third-order valence-electron chi connectivity index (χ3n) is 2.81. The van der Waals surface area contributed by atoms with E-state index in [1.807, 2.05) is 0 Å². The Balaban J connectivity index is 2.62. The van der Waals surface area contributed by atoms with Gasteiger partial charge in [0.05, 0.1) is 22.3 Å². The summed E-state index contributed by atoms with van der Waals surface area (Å²) in [5.74, 6) is 4.81. The van der Waals surface area contributed by atoms with Gasteiger partial charge in [0.15, 0.2) is 5.84 Å². The number of nitrogens with zero attached hydrogens (tertiary/aromatic N) is 4. The van der Waals surface area contributed by atoms with Crippen molar-refractivity contribution >= 4 is 29.0 Å². The summed E-state index contributed by atoms with van der Waals surface area (Å²) in [6, 6.07) is 5.12. The normalized spacial score (nSPS) is 11.0. The van der Waals surface area contributed by atoms with Gasteiger partial charge < -0.3 is 10.6 Å². The molecule has 0 radical (unpaired) electrons. The minimum atomic E-state index is -0.182. The van der Waals surface area contributed by atoms with E-state index in [0.717, 1.165) is 5.56 Å². The van der Waals surface area contributed by atoms with E-state index >= 15 is 0 Å². The molecule has 0 saturated carbocycles. The van der Waals surface area contributed by atoms with Crippen LogP contribution in [0.4, 0.5) is 0 Å². The Kier molecular flexibility index (Phi) is 5.37. The maximum absolute atomic E-state index is 7.85. The molecular formula is C13H12Cl2N6O. The Morgan fingerprint density at radius 3 is 2.73 bits per heavy atom. The van der Waals surface area contributed by atoms with E-state index in [-0.39, 0.29) is 18.1 Å². The summed E-state index contributed by atoms with van der Waals surface area (Å²) in [5, 5.41) is 15.3. The zero-order chi connectivity index (χ0) is 16.1. The number of amidine groups is 1. The van der Waals surface area contributed by atoms with Gasteiger partial charge in [0.1, 0.15) is 12.0 Å². The number of aromatic nitrogens is 2. The summed E-state index contributed by atoms with van der Waals surface area (Å²) >= 11 is 12.0. The Morgan fingerprint density at radius 1 is 1.32 bits per heavy atom. The second-order valence-electron chi connectivity index (χ2n) is 4.18. The number of benzene rings is 1. The average molecular weight is 339 g/mol. The number of nitrogens with two attached hydrogens (primary N) is 1. The number of hydrogen-bond donors (Lipinski definition) is 2. The lowest BCUT2D eigenvalue weighted by atomic mass is 10.0. The van der Waals surface area contributed by atoms with Crippen LogP contribution in [0.2, 0.25) is 10.0 Å². The standard InChI is InChI=1S/C13H12Cl2N6O/c1-22-5-8-11(7-2-3-9(14)10(15)4-7)18-6-19-12(8)13(16)20-21-17/h2-4,6H,5H2,1H3,(H3,16,17,20). The first kappa shape index (κ1) is 16.3. The molecule has 22 heavy (non-hydrogen) atoms. The molecule has 0 aliphatic rings. The largest absolute Gasteiger partial charge is 0.380 e. The summed E-state index contributed by atoms with van der Waals surface area (Å²) in [5.41, 5.74) is 2.16. The van der Waals surface area contributed by atoms with Crippen LogP contribution < -0.4 is 5.84 Å². The van der Waals surface area contributed by atoms with Crippen LogP contribution in [0, 0.1) is 5.41 Å². The molecule has 0 fully saturated rings. The molecule has 0 amide bonds. The van der Waals surface area contributed by atoms with Crippen molar-refractivity contribution in [1.29, 1.82) is 5.41 Å². The molecule has 1 aromatic carbocycles. The van der Waals surface area contributed by atoms with E-state index in [2.05, 4.69) is 20.3 Å². The summed E-state index contributed by atoms with van der Waals surface area (Å²) in [6.45, 7) is 0.189. The number of nitrogens with one attached hydrogen (secondary N) is 1. The third-order valence-corrected chi connectivity index (χ3v) is 3.55. The summed E-state index contributed by atoms with van der Waals surface area (Å²) in [6.07, 6.45) is 1.33. The molecule has 9 heteroatoms. The Hall–Kier alpha value is -2.09. The van der Waals surface area contributed by atoms with Crippen LogP contribution in [0.15, 0.2) is 34.9 Å². The summed E-state index contributed by atoms with van der Waals surface area (Å²) in [7, 11) is 1.53. The fourth-order valence-corrected chi connectivity index (χ4v) is 2.19. The van der Waals surface area contributed by atoms with Crippen LogP contribution in [0.3, 0.4) is 0 Å². The van der Waals surface area contributed by atoms with E-state index in [9.17, 15) is 0 Å². The molecule has 0 aliphatic heterocycles. The van der Waals surface area contributed by atoms with Crippen LogP contribution in [0.1, 0.15) is 11.3 Å². The third kappa shape index (κ3) is 3.38. The molecule has 1 aromatic heterocycles. The number of hydrogen-bond acceptors (Lipinski definition) is 5. The van der Waals surface area contributed by atoms with Crippen molar-refractivity contribution in [3.63, 3.8) is 0 Å². The molecule has 3 N–H and O–H groups in total. The minimum absolute atomic E-state index is 0.182. The molecule has 0 aliphatic carbocycles. The zero-order valence-electron chi connectivity index (χ0n) is 11.5. The van der Waals surface area contributed by atoms with Crippen LogP contribution in [0.25, 0.3) is 11.3 Å². The van der Waals surface area contributed by atoms with Gasteiger partial charge >= 0.3 is 0 Å². The molecule has 2 rings (SSSR count). The SMILES string of the molecule is COCc1c(C(=N)N=NN)ncnc1-c1ccc(Cl)c(Cl)c1. The molecule has 0 unspecified atom stereocenters. The molecule has 1 heterocycles. The predicted molar refractivity (Wildman–Crippen MR) is 84.1 cm³/mol. The highest BCUT2D eigenvalue weighted by molar-refractivity contribution is 6.42. The first-order valence-corrected chi connectivity index (χ1v) is 6.82.